The van der Waals surface area contributed by atoms with Gasteiger partial charge in [0.25, 0.3) is 5.91 Å². The molecule has 0 spiro atoms. The Kier molecular flexibility index (Phi) is 5.16. The number of carbonyl (C=O) groups excluding carboxylic acids is 1. The summed E-state index contributed by atoms with van der Waals surface area (Å²) >= 11 is 1.56. The third-order valence-electron chi connectivity index (χ3n) is 3.82. The number of rotatable bonds is 5. The summed E-state index contributed by atoms with van der Waals surface area (Å²) in [5.74, 6) is 1.02. The lowest BCUT2D eigenvalue weighted by atomic mass is 10.2. The summed E-state index contributed by atoms with van der Waals surface area (Å²) in [5.41, 5.74) is 1.70. The second-order valence-electron chi connectivity index (χ2n) is 6.56. The molecule has 0 atom stereocenters. The normalized spacial score (nSPS) is 14.5. The minimum Gasteiger partial charge on any atom is -0.493 e. The van der Waals surface area contributed by atoms with Crippen molar-refractivity contribution in [1.82, 2.24) is 9.88 Å². The molecule has 0 aliphatic carbocycles. The minimum absolute atomic E-state index is 0.149. The highest BCUT2D eigenvalue weighted by Gasteiger charge is 2.19. The van der Waals surface area contributed by atoms with E-state index in [-0.39, 0.29) is 5.91 Å². The number of hydrogen-bond donors (Lipinski definition) is 1. The van der Waals surface area contributed by atoms with Crippen molar-refractivity contribution >= 4 is 22.4 Å². The Labute approximate surface area is 146 Å². The van der Waals surface area contributed by atoms with Gasteiger partial charge in [-0.2, -0.15) is 0 Å². The summed E-state index contributed by atoms with van der Waals surface area (Å²) in [4.78, 5) is 20.5. The number of likely N-dealkylation sites (N-methyl/N-ethyl adjacent to an activating group) is 1. The van der Waals surface area contributed by atoms with Gasteiger partial charge in [-0.1, -0.05) is 19.9 Å². The fourth-order valence-corrected chi connectivity index (χ4v) is 3.62. The van der Waals surface area contributed by atoms with Gasteiger partial charge >= 0.3 is 0 Å². The van der Waals surface area contributed by atoms with Gasteiger partial charge in [-0.05, 0) is 31.2 Å². The smallest absolute Gasteiger partial charge is 0.257 e. The van der Waals surface area contributed by atoms with Crippen LogP contribution in [0.4, 0.5) is 5.13 Å². The Balaban J connectivity index is 1.68. The third kappa shape index (κ3) is 4.13. The average molecular weight is 345 g/mol. The van der Waals surface area contributed by atoms with Crippen molar-refractivity contribution in [2.45, 2.75) is 26.8 Å². The zero-order valence-corrected chi connectivity index (χ0v) is 15.2. The van der Waals surface area contributed by atoms with Crippen LogP contribution in [0.1, 0.15) is 34.8 Å². The van der Waals surface area contributed by atoms with Crippen LogP contribution in [-0.2, 0) is 13.0 Å². The summed E-state index contributed by atoms with van der Waals surface area (Å²) < 4.78 is 5.69. The number of carbonyl (C=O) groups is 1. The number of aromatic nitrogens is 1. The maximum atomic E-state index is 12.5. The van der Waals surface area contributed by atoms with Gasteiger partial charge in [0.05, 0.1) is 12.3 Å². The lowest BCUT2D eigenvalue weighted by molar-refractivity contribution is 0.102. The van der Waals surface area contributed by atoms with Crippen molar-refractivity contribution in [1.29, 1.82) is 0 Å². The third-order valence-corrected chi connectivity index (χ3v) is 4.82. The van der Waals surface area contributed by atoms with Crippen LogP contribution in [0, 0.1) is 5.92 Å². The summed E-state index contributed by atoms with van der Waals surface area (Å²) in [6.45, 7) is 6.75. The number of benzene rings is 1. The Morgan fingerprint density at radius 3 is 3.08 bits per heavy atom. The van der Waals surface area contributed by atoms with Crippen molar-refractivity contribution < 1.29 is 9.53 Å². The molecule has 0 fully saturated rings. The van der Waals surface area contributed by atoms with Crippen molar-refractivity contribution in [3.05, 3.63) is 40.4 Å². The first-order valence-corrected chi connectivity index (χ1v) is 9.04. The van der Waals surface area contributed by atoms with E-state index in [1.165, 1.54) is 4.88 Å². The van der Waals surface area contributed by atoms with Crippen molar-refractivity contribution in [3.8, 4) is 5.75 Å². The number of nitrogens with one attached hydrogen (secondary N) is 1. The molecule has 2 aromatic rings. The van der Waals surface area contributed by atoms with Gasteiger partial charge in [0, 0.05) is 30.0 Å². The van der Waals surface area contributed by atoms with Gasteiger partial charge in [0.15, 0.2) is 5.13 Å². The molecule has 2 heterocycles. The molecule has 1 aliphatic rings. The molecule has 1 aromatic heterocycles. The lowest BCUT2D eigenvalue weighted by Crippen LogP contribution is -2.25. The SMILES string of the molecule is CC(C)COc1cccc(C(=O)Nc2nc3c(s2)CN(C)CC3)c1. The molecule has 0 bridgehead atoms. The van der Waals surface area contributed by atoms with Gasteiger partial charge in [0.1, 0.15) is 5.75 Å². The fraction of sp³-hybridized carbons (Fsp3) is 0.444. The van der Waals surface area contributed by atoms with E-state index < -0.39 is 0 Å². The Hall–Kier alpha value is -1.92. The Morgan fingerprint density at radius 2 is 2.29 bits per heavy atom. The van der Waals surface area contributed by atoms with E-state index in [9.17, 15) is 4.79 Å². The number of fused-ring (bicyclic) bond motifs is 1. The number of hydrogen-bond acceptors (Lipinski definition) is 5. The standard InChI is InChI=1S/C18H23N3O2S/c1-12(2)11-23-14-6-4-5-13(9-14)17(22)20-18-19-15-7-8-21(3)10-16(15)24-18/h4-6,9,12H,7-8,10-11H2,1-3H3,(H,19,20,22). The van der Waals surface area contributed by atoms with E-state index in [2.05, 4.69) is 36.1 Å². The molecular weight excluding hydrogens is 322 g/mol. The van der Waals surface area contributed by atoms with E-state index >= 15 is 0 Å². The topological polar surface area (TPSA) is 54.5 Å². The Bertz CT molecular complexity index is 727. The van der Waals surface area contributed by atoms with Crippen molar-refractivity contribution in [2.24, 2.45) is 5.92 Å². The van der Waals surface area contributed by atoms with E-state index in [1.54, 1.807) is 23.5 Å². The van der Waals surface area contributed by atoms with Crippen LogP contribution in [0.3, 0.4) is 0 Å². The maximum absolute atomic E-state index is 12.5. The first-order chi connectivity index (χ1) is 11.5. The van der Waals surface area contributed by atoms with Crippen molar-refractivity contribution in [3.63, 3.8) is 0 Å². The molecule has 3 rings (SSSR count). The predicted molar refractivity (Wildman–Crippen MR) is 96.9 cm³/mol. The van der Waals surface area contributed by atoms with Crippen LogP contribution in [-0.4, -0.2) is 36.0 Å². The molecule has 0 radical (unpaired) electrons. The summed E-state index contributed by atoms with van der Waals surface area (Å²) in [7, 11) is 2.10. The van der Waals surface area contributed by atoms with E-state index in [0.29, 0.717) is 23.2 Å². The maximum Gasteiger partial charge on any atom is 0.257 e. The number of nitrogens with zero attached hydrogens (tertiary/aromatic N) is 2. The van der Waals surface area contributed by atoms with Gasteiger partial charge in [-0.3, -0.25) is 10.1 Å². The largest absolute Gasteiger partial charge is 0.493 e. The number of anilines is 1. The second-order valence-corrected chi connectivity index (χ2v) is 7.65. The highest BCUT2D eigenvalue weighted by Crippen LogP contribution is 2.28. The molecule has 0 unspecified atom stereocenters. The molecule has 6 heteroatoms. The first-order valence-electron chi connectivity index (χ1n) is 8.22. The Morgan fingerprint density at radius 1 is 1.46 bits per heavy atom. The highest BCUT2D eigenvalue weighted by molar-refractivity contribution is 7.15. The molecule has 1 aromatic carbocycles. The lowest BCUT2D eigenvalue weighted by Gasteiger charge is -2.20. The zero-order valence-electron chi connectivity index (χ0n) is 14.3. The van der Waals surface area contributed by atoms with Crippen LogP contribution < -0.4 is 10.1 Å². The molecule has 24 heavy (non-hydrogen) atoms. The van der Waals surface area contributed by atoms with Gasteiger partial charge in [-0.25, -0.2) is 4.98 Å². The van der Waals surface area contributed by atoms with Crippen molar-refractivity contribution in [2.75, 3.05) is 25.5 Å². The van der Waals surface area contributed by atoms with E-state index in [1.807, 2.05) is 12.1 Å². The van der Waals surface area contributed by atoms with Gasteiger partial charge in [0.2, 0.25) is 0 Å². The van der Waals surface area contributed by atoms with E-state index in [4.69, 9.17) is 4.74 Å². The first kappa shape index (κ1) is 16.9. The summed E-state index contributed by atoms with van der Waals surface area (Å²) in [5, 5.41) is 3.59. The quantitative estimate of drug-likeness (QED) is 0.902. The van der Waals surface area contributed by atoms with Crippen LogP contribution in [0.2, 0.25) is 0 Å². The van der Waals surface area contributed by atoms with Crippen LogP contribution in [0.15, 0.2) is 24.3 Å². The van der Waals surface area contributed by atoms with Crippen LogP contribution >= 0.6 is 11.3 Å². The van der Waals surface area contributed by atoms with E-state index in [0.717, 1.165) is 31.0 Å². The molecule has 5 nitrogen and oxygen atoms in total. The predicted octanol–water partition coefficient (Wildman–Crippen LogP) is 3.42. The molecule has 1 aliphatic heterocycles. The molecule has 1 amide bonds. The average Bonchev–Trinajstić information content (AvgIpc) is 2.94. The molecule has 0 saturated carbocycles. The summed E-state index contributed by atoms with van der Waals surface area (Å²) in [6.07, 6.45) is 0.941. The fourth-order valence-electron chi connectivity index (χ4n) is 2.54. The monoisotopic (exact) mass is 345 g/mol. The van der Waals surface area contributed by atoms with Gasteiger partial charge in [-0.15, -0.1) is 11.3 Å². The number of amides is 1. The van der Waals surface area contributed by atoms with Gasteiger partial charge < -0.3 is 9.64 Å². The summed E-state index contributed by atoms with van der Waals surface area (Å²) in [6, 6.07) is 7.28. The number of ether oxygens (including phenoxy) is 1. The van der Waals surface area contributed by atoms with Crippen LogP contribution in [0.25, 0.3) is 0 Å². The van der Waals surface area contributed by atoms with Crippen LogP contribution in [0.5, 0.6) is 5.75 Å². The molecular formula is C18H23N3O2S. The zero-order chi connectivity index (χ0) is 17.1. The molecule has 0 saturated heterocycles. The molecule has 1 N–H and O–H groups in total. The minimum atomic E-state index is -0.149. The second kappa shape index (κ2) is 7.32. The highest BCUT2D eigenvalue weighted by atomic mass is 32.1. The number of thiazole rings is 1. The molecule has 128 valence electrons.